The molecule has 19 heteroatoms. The van der Waals surface area contributed by atoms with Crippen LogP contribution in [0.15, 0.2) is 30.3 Å². The van der Waals surface area contributed by atoms with Crippen molar-refractivity contribution in [3.05, 3.63) is 47.0 Å². The number of carbonyl (C=O) groups excluding carboxylic acids is 4. The number of carbonyl (C=O) groups is 5. The molecular formula is C28H28F6N4O9. The molecule has 0 aromatic heterocycles. The van der Waals surface area contributed by atoms with E-state index in [-0.39, 0.29) is 41.8 Å². The third kappa shape index (κ3) is 9.17. The number of amides is 2. The van der Waals surface area contributed by atoms with E-state index in [0.29, 0.717) is 6.07 Å². The fourth-order valence-electron chi connectivity index (χ4n) is 4.51. The second kappa shape index (κ2) is 14.3. The SMILES string of the molecule is CN1CCc2cc(c(C(=O)O)cc2OC(=O)C(F)(F)F)-c2ccc(OC(=O)C(F)(F)F)c(c2)C[C@H](N)C(=O)N[C@@H](C[C@@H](O)CN)C1=O. The summed E-state index contributed by atoms with van der Waals surface area (Å²) in [7, 11) is 1.24. The van der Waals surface area contributed by atoms with Gasteiger partial charge >= 0.3 is 30.3 Å². The fourth-order valence-corrected chi connectivity index (χ4v) is 4.51. The molecule has 0 spiro atoms. The summed E-state index contributed by atoms with van der Waals surface area (Å²) in [5.41, 5.74) is 9.90. The summed E-state index contributed by atoms with van der Waals surface area (Å²) >= 11 is 0. The number of carboxylic acid groups (broad SMARTS) is 1. The van der Waals surface area contributed by atoms with E-state index in [1.54, 1.807) is 0 Å². The summed E-state index contributed by atoms with van der Waals surface area (Å²) < 4.78 is 87.3. The number of ether oxygens (including phenoxy) is 2. The molecule has 1 heterocycles. The van der Waals surface area contributed by atoms with Gasteiger partial charge in [0.1, 0.15) is 17.5 Å². The molecule has 7 N–H and O–H groups in total. The van der Waals surface area contributed by atoms with E-state index in [1.807, 2.05) is 0 Å². The molecule has 256 valence electrons. The summed E-state index contributed by atoms with van der Waals surface area (Å²) in [6.07, 6.45) is -13.7. The first-order valence-electron chi connectivity index (χ1n) is 13.5. The molecule has 0 saturated carbocycles. The molecule has 0 aliphatic carbocycles. The second-order valence-corrected chi connectivity index (χ2v) is 10.4. The van der Waals surface area contributed by atoms with Crippen LogP contribution in [0.5, 0.6) is 11.5 Å². The summed E-state index contributed by atoms with van der Waals surface area (Å²) in [4.78, 5) is 63.0. The minimum absolute atomic E-state index is 0.0880. The Kier molecular flexibility index (Phi) is 11.2. The van der Waals surface area contributed by atoms with Crippen LogP contribution >= 0.6 is 0 Å². The Labute approximate surface area is 261 Å². The number of nitrogens with zero attached hydrogens (tertiary/aromatic N) is 1. The number of aromatic carboxylic acids is 1. The molecule has 4 bridgehead atoms. The highest BCUT2D eigenvalue weighted by Gasteiger charge is 2.43. The smallest absolute Gasteiger partial charge is 0.478 e. The van der Waals surface area contributed by atoms with Crippen LogP contribution in [0, 0.1) is 0 Å². The molecule has 13 nitrogen and oxygen atoms in total. The zero-order chi connectivity index (χ0) is 35.4. The maximum absolute atomic E-state index is 13.3. The average molecular weight is 679 g/mol. The number of likely N-dealkylation sites (N-methyl/N-ethyl adjacent to an activating group) is 1. The maximum Gasteiger partial charge on any atom is 0.491 e. The van der Waals surface area contributed by atoms with Crippen molar-refractivity contribution < 1.29 is 70.0 Å². The van der Waals surface area contributed by atoms with E-state index in [0.717, 1.165) is 29.2 Å². The number of nitrogens with one attached hydrogen (secondary N) is 1. The lowest BCUT2D eigenvalue weighted by Crippen LogP contribution is -2.54. The molecule has 3 rings (SSSR count). The minimum atomic E-state index is -5.48. The minimum Gasteiger partial charge on any atom is -0.478 e. The molecule has 1 aliphatic heterocycles. The van der Waals surface area contributed by atoms with Crippen molar-refractivity contribution in [2.75, 3.05) is 20.1 Å². The van der Waals surface area contributed by atoms with Gasteiger partial charge in [0.05, 0.1) is 17.7 Å². The van der Waals surface area contributed by atoms with Gasteiger partial charge in [0, 0.05) is 33.0 Å². The van der Waals surface area contributed by atoms with Crippen molar-refractivity contribution in [2.45, 2.75) is 49.8 Å². The standard InChI is InChI=1S/C28H28F6N4O9/c1-38-5-4-13-7-16(17(24(42)43)10-21(13)47-26(45)28(32,33)34)12-2-3-20(46-25(44)27(29,30)31)14(6-12)8-18(36)22(40)37-19(23(38)41)9-15(39)11-35/h2-3,6-7,10,15,18-19,39H,4-5,8-9,11,35-36H2,1H3,(H,37,40)(H,42,43)/t15-,18+,19+/m1/s1. The quantitative estimate of drug-likeness (QED) is 0.166. The van der Waals surface area contributed by atoms with Crippen molar-refractivity contribution in [3.8, 4) is 22.6 Å². The van der Waals surface area contributed by atoms with E-state index in [2.05, 4.69) is 14.8 Å². The lowest BCUT2D eigenvalue weighted by Gasteiger charge is -2.27. The van der Waals surface area contributed by atoms with Crippen LogP contribution in [0.2, 0.25) is 0 Å². The summed E-state index contributed by atoms with van der Waals surface area (Å²) in [6, 6.07) is 1.53. The number of hydrogen-bond acceptors (Lipinski definition) is 10. The number of benzene rings is 2. The van der Waals surface area contributed by atoms with Crippen LogP contribution < -0.4 is 26.3 Å². The number of aliphatic hydroxyl groups excluding tert-OH is 1. The highest BCUT2D eigenvalue weighted by molar-refractivity contribution is 5.97. The number of hydrogen-bond donors (Lipinski definition) is 5. The first-order chi connectivity index (χ1) is 21.7. The van der Waals surface area contributed by atoms with Gasteiger partial charge < -0.3 is 41.4 Å². The largest absolute Gasteiger partial charge is 0.491 e. The van der Waals surface area contributed by atoms with Gasteiger partial charge in [-0.2, -0.15) is 26.3 Å². The van der Waals surface area contributed by atoms with Crippen LogP contribution in [-0.4, -0.2) is 95.5 Å². The second-order valence-electron chi connectivity index (χ2n) is 10.4. The number of halogens is 6. The third-order valence-corrected chi connectivity index (χ3v) is 6.93. The third-order valence-electron chi connectivity index (χ3n) is 6.93. The van der Waals surface area contributed by atoms with Gasteiger partial charge in [0.25, 0.3) is 0 Å². The Morgan fingerprint density at radius 2 is 1.60 bits per heavy atom. The van der Waals surface area contributed by atoms with Crippen molar-refractivity contribution in [3.63, 3.8) is 0 Å². The van der Waals surface area contributed by atoms with Gasteiger partial charge in [-0.25, -0.2) is 14.4 Å². The highest BCUT2D eigenvalue weighted by Crippen LogP contribution is 2.36. The summed E-state index contributed by atoms with van der Waals surface area (Å²) in [6.45, 7) is -0.640. The zero-order valence-electron chi connectivity index (χ0n) is 24.3. The van der Waals surface area contributed by atoms with Gasteiger partial charge in [-0.1, -0.05) is 6.07 Å². The predicted octanol–water partition coefficient (Wildman–Crippen LogP) is 1.07. The Balaban J connectivity index is 2.28. The number of fused-ring (bicyclic) bond motifs is 5. The van der Waals surface area contributed by atoms with Crippen LogP contribution in [-0.2, 0) is 32.0 Å². The first kappa shape index (κ1) is 36.7. The molecule has 2 aromatic carbocycles. The average Bonchev–Trinajstić information content (AvgIpc) is 2.98. The van der Waals surface area contributed by atoms with Crippen LogP contribution in [0.3, 0.4) is 0 Å². The molecule has 0 fully saturated rings. The monoisotopic (exact) mass is 678 g/mol. The molecule has 0 radical (unpaired) electrons. The number of rotatable bonds is 6. The fraction of sp³-hybridized carbons (Fsp3) is 0.393. The first-order valence-corrected chi connectivity index (χ1v) is 13.5. The van der Waals surface area contributed by atoms with Crippen molar-refractivity contribution in [2.24, 2.45) is 11.5 Å². The van der Waals surface area contributed by atoms with Crippen LogP contribution in [0.1, 0.15) is 27.9 Å². The van der Waals surface area contributed by atoms with E-state index >= 15 is 0 Å². The Morgan fingerprint density at radius 1 is 1.00 bits per heavy atom. The maximum atomic E-state index is 13.3. The molecule has 0 saturated heterocycles. The van der Waals surface area contributed by atoms with Gasteiger partial charge in [-0.15, -0.1) is 0 Å². The number of nitrogens with two attached hydrogens (primary N) is 2. The molecular weight excluding hydrogens is 650 g/mol. The highest BCUT2D eigenvalue weighted by atomic mass is 19.4. The van der Waals surface area contributed by atoms with Crippen LogP contribution in [0.4, 0.5) is 26.3 Å². The van der Waals surface area contributed by atoms with E-state index < -0.39 is 90.2 Å². The Morgan fingerprint density at radius 3 is 2.15 bits per heavy atom. The molecule has 3 atom stereocenters. The van der Waals surface area contributed by atoms with E-state index in [9.17, 15) is 60.5 Å². The molecule has 1 aliphatic rings. The number of esters is 2. The van der Waals surface area contributed by atoms with Gasteiger partial charge in [0.15, 0.2) is 0 Å². The normalized spacial score (nSPS) is 18.4. The lowest BCUT2D eigenvalue weighted by molar-refractivity contribution is -0.189. The molecule has 0 unspecified atom stereocenters. The van der Waals surface area contributed by atoms with Gasteiger partial charge in [-0.05, 0) is 52.9 Å². The van der Waals surface area contributed by atoms with Gasteiger partial charge in [0.2, 0.25) is 11.8 Å². The number of alkyl halides is 6. The predicted molar refractivity (Wildman–Crippen MR) is 147 cm³/mol. The van der Waals surface area contributed by atoms with E-state index in [1.165, 1.54) is 7.05 Å². The number of aliphatic hydroxyl groups is 1. The Bertz CT molecular complexity index is 1560. The topological polar surface area (TPSA) is 212 Å². The summed E-state index contributed by atoms with van der Waals surface area (Å²) in [5.74, 6) is -10.4. The van der Waals surface area contributed by atoms with Crippen LogP contribution in [0.25, 0.3) is 11.1 Å². The summed E-state index contributed by atoms with van der Waals surface area (Å²) in [5, 5.41) is 22.3. The number of carboxylic acids is 1. The van der Waals surface area contributed by atoms with Gasteiger partial charge in [-0.3, -0.25) is 9.59 Å². The molecule has 2 amide bonds. The van der Waals surface area contributed by atoms with Crippen molar-refractivity contribution in [1.29, 1.82) is 0 Å². The zero-order valence-corrected chi connectivity index (χ0v) is 24.3. The van der Waals surface area contributed by atoms with Crippen molar-refractivity contribution >= 4 is 29.7 Å². The molecule has 47 heavy (non-hydrogen) atoms. The Hall–Kier alpha value is -4.75. The lowest BCUT2D eigenvalue weighted by atomic mass is 9.92. The van der Waals surface area contributed by atoms with E-state index in [4.69, 9.17) is 11.5 Å². The van der Waals surface area contributed by atoms with Crippen molar-refractivity contribution in [1.82, 2.24) is 10.2 Å². The molecule has 2 aromatic rings.